The molecule has 4 nitrogen and oxygen atoms in total. The monoisotopic (exact) mass is 421 g/mol. The van der Waals surface area contributed by atoms with E-state index in [1.54, 1.807) is 12.1 Å². The lowest BCUT2D eigenvalue weighted by atomic mass is 10.1. The normalized spacial score (nSPS) is 10.4. The number of nitrogens with one attached hydrogen (secondary N) is 1. The highest BCUT2D eigenvalue weighted by Crippen LogP contribution is 2.26. The van der Waals surface area contributed by atoms with Gasteiger partial charge in [-0.15, -0.1) is 11.8 Å². The molecule has 3 aromatic rings. The minimum absolute atomic E-state index is 0.106. The van der Waals surface area contributed by atoms with E-state index in [1.165, 1.54) is 17.3 Å². The first-order valence-corrected chi connectivity index (χ1v) is 10.5. The van der Waals surface area contributed by atoms with Crippen molar-refractivity contribution in [3.05, 3.63) is 76.3 Å². The Morgan fingerprint density at radius 1 is 1.14 bits per heavy atom. The predicted molar refractivity (Wildman–Crippen MR) is 119 cm³/mol. The van der Waals surface area contributed by atoms with Crippen molar-refractivity contribution < 1.29 is 4.79 Å². The molecule has 29 heavy (non-hydrogen) atoms. The molecule has 0 aliphatic rings. The highest BCUT2D eigenvalue weighted by atomic mass is 35.5. The van der Waals surface area contributed by atoms with Gasteiger partial charge in [0.25, 0.3) is 0 Å². The Morgan fingerprint density at radius 3 is 2.59 bits per heavy atom. The van der Waals surface area contributed by atoms with Crippen LogP contribution in [-0.2, 0) is 4.79 Å². The number of rotatable bonds is 6. The number of carbonyl (C=O) groups is 1. The number of benzene rings is 2. The van der Waals surface area contributed by atoms with Gasteiger partial charge in [-0.05, 0) is 43.7 Å². The van der Waals surface area contributed by atoms with Gasteiger partial charge in [-0.2, -0.15) is 5.26 Å². The van der Waals surface area contributed by atoms with Gasteiger partial charge in [0.15, 0.2) is 0 Å². The van der Waals surface area contributed by atoms with Gasteiger partial charge in [0.2, 0.25) is 5.91 Å². The van der Waals surface area contributed by atoms with Crippen LogP contribution < -0.4 is 5.32 Å². The van der Waals surface area contributed by atoms with E-state index in [2.05, 4.69) is 16.4 Å². The van der Waals surface area contributed by atoms with Crippen molar-refractivity contribution in [2.75, 3.05) is 11.1 Å². The Kier molecular flexibility index (Phi) is 6.92. The molecule has 0 aliphatic carbocycles. The maximum absolute atomic E-state index is 12.2. The molecule has 0 spiro atoms. The quantitative estimate of drug-likeness (QED) is 0.495. The highest BCUT2D eigenvalue weighted by Gasteiger charge is 2.10. The topological polar surface area (TPSA) is 65.8 Å². The number of aryl methyl sites for hydroxylation is 2. The number of amides is 1. The zero-order valence-electron chi connectivity index (χ0n) is 16.2. The standard InChI is InChI=1S/C23H20ClN3OS/c1-15-3-6-17(7-4-15)21-10-8-18(14-25)23(27-21)29-12-11-22(28)26-19-9-5-16(2)20(24)13-19/h3-10,13H,11-12H2,1-2H3,(H,26,28). The van der Waals surface area contributed by atoms with Crippen molar-refractivity contribution in [2.24, 2.45) is 0 Å². The fourth-order valence-corrected chi connectivity index (χ4v) is 3.75. The first-order chi connectivity index (χ1) is 14.0. The third-order valence-corrected chi connectivity index (χ3v) is 5.75. The minimum Gasteiger partial charge on any atom is -0.326 e. The summed E-state index contributed by atoms with van der Waals surface area (Å²) in [4.78, 5) is 16.9. The Morgan fingerprint density at radius 2 is 1.90 bits per heavy atom. The number of nitrogens with zero attached hydrogens (tertiary/aromatic N) is 2. The summed E-state index contributed by atoms with van der Waals surface area (Å²) in [7, 11) is 0. The average molecular weight is 422 g/mol. The van der Waals surface area contributed by atoms with Crippen LogP contribution in [0, 0.1) is 25.2 Å². The van der Waals surface area contributed by atoms with Gasteiger partial charge in [-0.3, -0.25) is 4.79 Å². The Hall–Kier alpha value is -2.81. The van der Waals surface area contributed by atoms with E-state index in [0.717, 1.165) is 16.8 Å². The zero-order valence-corrected chi connectivity index (χ0v) is 17.8. The Bertz CT molecular complexity index is 1070. The summed E-state index contributed by atoms with van der Waals surface area (Å²) < 4.78 is 0. The van der Waals surface area contributed by atoms with Crippen LogP contribution in [0.2, 0.25) is 5.02 Å². The summed E-state index contributed by atoms with van der Waals surface area (Å²) in [5.41, 5.74) is 5.13. The SMILES string of the molecule is Cc1ccc(-c2ccc(C#N)c(SCCC(=O)Nc3ccc(C)c(Cl)c3)n2)cc1. The summed E-state index contributed by atoms with van der Waals surface area (Å²) in [6.45, 7) is 3.95. The molecular formula is C23H20ClN3OS. The number of nitriles is 1. The molecule has 0 radical (unpaired) electrons. The molecule has 1 heterocycles. The van der Waals surface area contributed by atoms with Crippen molar-refractivity contribution in [2.45, 2.75) is 25.3 Å². The number of aromatic nitrogens is 1. The highest BCUT2D eigenvalue weighted by molar-refractivity contribution is 7.99. The lowest BCUT2D eigenvalue weighted by Gasteiger charge is -2.08. The second-order valence-corrected chi connectivity index (χ2v) is 8.13. The molecule has 1 aromatic heterocycles. The number of pyridine rings is 1. The molecular weight excluding hydrogens is 402 g/mol. The molecule has 0 atom stereocenters. The number of anilines is 1. The van der Waals surface area contributed by atoms with Crippen molar-refractivity contribution in [3.63, 3.8) is 0 Å². The van der Waals surface area contributed by atoms with Crippen molar-refractivity contribution in [3.8, 4) is 17.3 Å². The Balaban J connectivity index is 1.64. The average Bonchev–Trinajstić information content (AvgIpc) is 2.71. The predicted octanol–water partition coefficient (Wildman–Crippen LogP) is 6.01. The van der Waals surface area contributed by atoms with Crippen LogP contribution in [0.5, 0.6) is 0 Å². The van der Waals surface area contributed by atoms with E-state index < -0.39 is 0 Å². The van der Waals surface area contributed by atoms with Gasteiger partial charge in [0.1, 0.15) is 11.1 Å². The van der Waals surface area contributed by atoms with Crippen molar-refractivity contribution in [1.82, 2.24) is 4.98 Å². The lowest BCUT2D eigenvalue weighted by Crippen LogP contribution is -2.12. The molecule has 6 heteroatoms. The van der Waals surface area contributed by atoms with Gasteiger partial charge in [0, 0.05) is 28.4 Å². The summed E-state index contributed by atoms with van der Waals surface area (Å²) in [5.74, 6) is 0.412. The first kappa shape index (κ1) is 20.9. The summed E-state index contributed by atoms with van der Waals surface area (Å²) >= 11 is 7.50. The first-order valence-electron chi connectivity index (χ1n) is 9.13. The van der Waals surface area contributed by atoms with Crippen LogP contribution in [0.15, 0.2) is 59.6 Å². The maximum atomic E-state index is 12.2. The second-order valence-electron chi connectivity index (χ2n) is 6.64. The third-order valence-electron chi connectivity index (χ3n) is 4.35. The smallest absolute Gasteiger partial charge is 0.225 e. The number of hydrogen-bond donors (Lipinski definition) is 1. The van der Waals surface area contributed by atoms with Gasteiger partial charge in [0.05, 0.1) is 11.3 Å². The van der Waals surface area contributed by atoms with Gasteiger partial charge < -0.3 is 5.32 Å². The largest absolute Gasteiger partial charge is 0.326 e. The van der Waals surface area contributed by atoms with Crippen LogP contribution in [0.4, 0.5) is 5.69 Å². The van der Waals surface area contributed by atoms with E-state index in [9.17, 15) is 10.1 Å². The molecule has 0 saturated carbocycles. The summed E-state index contributed by atoms with van der Waals surface area (Å²) in [6.07, 6.45) is 0.303. The van der Waals surface area contributed by atoms with Gasteiger partial charge in [-0.25, -0.2) is 4.98 Å². The third kappa shape index (κ3) is 5.60. The van der Waals surface area contributed by atoms with Crippen LogP contribution in [0.25, 0.3) is 11.3 Å². The van der Waals surface area contributed by atoms with Crippen LogP contribution in [0.3, 0.4) is 0 Å². The van der Waals surface area contributed by atoms with E-state index in [0.29, 0.717) is 33.5 Å². The fraction of sp³-hybridized carbons (Fsp3) is 0.174. The molecule has 1 amide bonds. The Labute approximate surface area is 179 Å². The number of carbonyl (C=O) groups excluding carboxylic acids is 1. The molecule has 0 aliphatic heterocycles. The zero-order chi connectivity index (χ0) is 20.8. The molecule has 146 valence electrons. The van der Waals surface area contributed by atoms with Crippen molar-refractivity contribution >= 4 is 35.0 Å². The van der Waals surface area contributed by atoms with E-state index in [4.69, 9.17) is 11.6 Å². The van der Waals surface area contributed by atoms with Gasteiger partial charge >= 0.3 is 0 Å². The van der Waals surface area contributed by atoms with E-state index in [-0.39, 0.29) is 5.91 Å². The molecule has 0 unspecified atom stereocenters. The number of hydrogen-bond acceptors (Lipinski definition) is 4. The summed E-state index contributed by atoms with van der Waals surface area (Å²) in [5, 5.41) is 13.5. The second kappa shape index (κ2) is 9.60. The lowest BCUT2D eigenvalue weighted by molar-refractivity contribution is -0.115. The molecule has 0 bridgehead atoms. The number of halogens is 1. The van der Waals surface area contributed by atoms with Crippen LogP contribution >= 0.6 is 23.4 Å². The molecule has 0 fully saturated rings. The molecule has 2 aromatic carbocycles. The summed E-state index contributed by atoms with van der Waals surface area (Å²) in [6, 6.07) is 19.3. The van der Waals surface area contributed by atoms with Gasteiger partial charge in [-0.1, -0.05) is 47.5 Å². The molecule has 0 saturated heterocycles. The maximum Gasteiger partial charge on any atom is 0.225 e. The van der Waals surface area contributed by atoms with E-state index in [1.807, 2.05) is 56.3 Å². The van der Waals surface area contributed by atoms with E-state index >= 15 is 0 Å². The fourth-order valence-electron chi connectivity index (χ4n) is 2.66. The minimum atomic E-state index is -0.106. The number of thioether (sulfide) groups is 1. The van der Waals surface area contributed by atoms with Crippen LogP contribution in [-0.4, -0.2) is 16.6 Å². The molecule has 3 rings (SSSR count). The van der Waals surface area contributed by atoms with Crippen LogP contribution in [0.1, 0.15) is 23.1 Å². The molecule has 1 N–H and O–H groups in total. The van der Waals surface area contributed by atoms with Crippen molar-refractivity contribution in [1.29, 1.82) is 5.26 Å².